The van der Waals surface area contributed by atoms with E-state index in [1.165, 1.54) is 19.1 Å². The second kappa shape index (κ2) is 7.77. The average molecular weight is 339 g/mol. The van der Waals surface area contributed by atoms with Gasteiger partial charge in [0.15, 0.2) is 0 Å². The number of piperidine rings is 1. The van der Waals surface area contributed by atoms with Crippen molar-refractivity contribution in [2.75, 3.05) is 35.3 Å². The van der Waals surface area contributed by atoms with Gasteiger partial charge in [-0.3, -0.25) is 4.79 Å². The Labute approximate surface area is 138 Å². The lowest BCUT2D eigenvalue weighted by molar-refractivity contribution is -0.116. The monoisotopic (exact) mass is 339 g/mol. The van der Waals surface area contributed by atoms with Crippen LogP contribution in [0.4, 0.5) is 11.5 Å². The van der Waals surface area contributed by atoms with Crippen molar-refractivity contribution in [2.24, 2.45) is 5.92 Å². The van der Waals surface area contributed by atoms with Crippen LogP contribution in [0.3, 0.4) is 0 Å². The van der Waals surface area contributed by atoms with Gasteiger partial charge in [0.1, 0.15) is 15.7 Å². The quantitative estimate of drug-likeness (QED) is 0.858. The largest absolute Gasteiger partial charge is 0.357 e. The van der Waals surface area contributed by atoms with Crippen LogP contribution in [0, 0.1) is 5.92 Å². The summed E-state index contributed by atoms with van der Waals surface area (Å²) in [6.45, 7) is 4.31. The second-order valence-electron chi connectivity index (χ2n) is 6.36. The van der Waals surface area contributed by atoms with E-state index in [9.17, 15) is 13.2 Å². The SMILES string of the molecule is CC1CCN(c2ccc(NC(=O)CCCS(C)(=O)=O)cn2)CC1. The van der Waals surface area contributed by atoms with Crippen LogP contribution >= 0.6 is 0 Å². The molecule has 1 aliphatic rings. The Kier molecular flexibility index (Phi) is 5.98. The molecule has 6 nitrogen and oxygen atoms in total. The van der Waals surface area contributed by atoms with Gasteiger partial charge in [0.05, 0.1) is 17.6 Å². The number of rotatable bonds is 6. The molecule has 2 rings (SSSR count). The zero-order chi connectivity index (χ0) is 16.9. The van der Waals surface area contributed by atoms with E-state index in [2.05, 4.69) is 22.1 Å². The van der Waals surface area contributed by atoms with Gasteiger partial charge in [-0.2, -0.15) is 0 Å². The minimum Gasteiger partial charge on any atom is -0.357 e. The van der Waals surface area contributed by atoms with Crippen molar-refractivity contribution in [3.8, 4) is 0 Å². The fourth-order valence-electron chi connectivity index (χ4n) is 2.60. The van der Waals surface area contributed by atoms with Crippen LogP contribution < -0.4 is 10.2 Å². The minimum atomic E-state index is -3.01. The Morgan fingerprint density at radius 1 is 1.35 bits per heavy atom. The Hall–Kier alpha value is -1.63. The molecule has 2 heterocycles. The van der Waals surface area contributed by atoms with Gasteiger partial charge in [0, 0.05) is 25.8 Å². The van der Waals surface area contributed by atoms with Gasteiger partial charge in [-0.15, -0.1) is 0 Å². The summed E-state index contributed by atoms with van der Waals surface area (Å²) in [6.07, 6.45) is 5.72. The smallest absolute Gasteiger partial charge is 0.224 e. The van der Waals surface area contributed by atoms with Crippen molar-refractivity contribution in [1.82, 2.24) is 4.98 Å². The molecule has 1 amide bonds. The Bertz CT molecular complexity index is 620. The molecule has 1 saturated heterocycles. The molecular formula is C16H25N3O3S. The predicted octanol–water partition coefficient (Wildman–Crippen LogP) is 2.08. The molecule has 1 aliphatic heterocycles. The number of amides is 1. The highest BCUT2D eigenvalue weighted by atomic mass is 32.2. The first-order chi connectivity index (χ1) is 10.8. The van der Waals surface area contributed by atoms with Crippen LogP contribution in [0.15, 0.2) is 18.3 Å². The number of hydrogen-bond donors (Lipinski definition) is 1. The summed E-state index contributed by atoms with van der Waals surface area (Å²) < 4.78 is 22.1. The molecule has 0 radical (unpaired) electrons. The zero-order valence-corrected chi connectivity index (χ0v) is 14.6. The third-order valence-corrected chi connectivity index (χ3v) is 5.09. The van der Waals surface area contributed by atoms with Crippen LogP contribution in [-0.2, 0) is 14.6 Å². The van der Waals surface area contributed by atoms with Crippen molar-refractivity contribution >= 4 is 27.2 Å². The first kappa shape index (κ1) is 17.7. The summed E-state index contributed by atoms with van der Waals surface area (Å²) in [5.41, 5.74) is 0.642. The highest BCUT2D eigenvalue weighted by Gasteiger charge is 2.16. The molecule has 1 fully saturated rings. The van der Waals surface area contributed by atoms with E-state index in [1.807, 2.05) is 12.1 Å². The predicted molar refractivity (Wildman–Crippen MR) is 92.4 cm³/mol. The maximum Gasteiger partial charge on any atom is 0.224 e. The molecule has 0 saturated carbocycles. The van der Waals surface area contributed by atoms with Gasteiger partial charge in [0.2, 0.25) is 5.91 Å². The zero-order valence-electron chi connectivity index (χ0n) is 13.8. The van der Waals surface area contributed by atoms with Crippen molar-refractivity contribution < 1.29 is 13.2 Å². The molecule has 0 aromatic carbocycles. The summed E-state index contributed by atoms with van der Waals surface area (Å²) in [6, 6.07) is 3.76. The first-order valence-electron chi connectivity index (χ1n) is 8.02. The van der Waals surface area contributed by atoms with Crippen LogP contribution in [0.25, 0.3) is 0 Å². The van der Waals surface area contributed by atoms with Crippen molar-refractivity contribution in [3.05, 3.63) is 18.3 Å². The topological polar surface area (TPSA) is 79.4 Å². The molecule has 0 bridgehead atoms. The average Bonchev–Trinajstić information content (AvgIpc) is 2.47. The Morgan fingerprint density at radius 3 is 2.61 bits per heavy atom. The van der Waals surface area contributed by atoms with E-state index < -0.39 is 9.84 Å². The lowest BCUT2D eigenvalue weighted by Gasteiger charge is -2.31. The molecule has 1 aromatic heterocycles. The molecule has 0 aliphatic carbocycles. The van der Waals surface area contributed by atoms with Gasteiger partial charge in [-0.25, -0.2) is 13.4 Å². The lowest BCUT2D eigenvalue weighted by atomic mass is 9.99. The summed E-state index contributed by atoms with van der Waals surface area (Å²) >= 11 is 0. The number of carbonyl (C=O) groups excluding carboxylic acids is 1. The van der Waals surface area contributed by atoms with E-state index in [0.29, 0.717) is 12.1 Å². The third kappa shape index (κ3) is 6.17. The third-order valence-electron chi connectivity index (χ3n) is 4.06. The van der Waals surface area contributed by atoms with Gasteiger partial charge in [-0.05, 0) is 37.3 Å². The molecule has 0 spiro atoms. The first-order valence-corrected chi connectivity index (χ1v) is 10.1. The molecule has 0 unspecified atom stereocenters. The highest BCUT2D eigenvalue weighted by Crippen LogP contribution is 2.22. The number of nitrogens with zero attached hydrogens (tertiary/aromatic N) is 2. The molecule has 7 heteroatoms. The van der Waals surface area contributed by atoms with Gasteiger partial charge in [-0.1, -0.05) is 6.92 Å². The lowest BCUT2D eigenvalue weighted by Crippen LogP contribution is -2.33. The van der Waals surface area contributed by atoms with Gasteiger partial charge >= 0.3 is 0 Å². The Morgan fingerprint density at radius 2 is 2.04 bits per heavy atom. The van der Waals surface area contributed by atoms with E-state index in [4.69, 9.17) is 0 Å². The van der Waals surface area contributed by atoms with E-state index in [0.717, 1.165) is 24.8 Å². The van der Waals surface area contributed by atoms with Gasteiger partial charge in [0.25, 0.3) is 0 Å². The molecule has 128 valence electrons. The normalized spacial score (nSPS) is 16.3. The number of hydrogen-bond acceptors (Lipinski definition) is 5. The maximum atomic E-state index is 11.8. The van der Waals surface area contributed by atoms with Crippen molar-refractivity contribution in [3.63, 3.8) is 0 Å². The van der Waals surface area contributed by atoms with Crippen LogP contribution in [0.2, 0.25) is 0 Å². The van der Waals surface area contributed by atoms with Crippen LogP contribution in [0.1, 0.15) is 32.6 Å². The van der Waals surface area contributed by atoms with E-state index in [-0.39, 0.29) is 18.1 Å². The van der Waals surface area contributed by atoms with E-state index in [1.54, 1.807) is 6.20 Å². The minimum absolute atomic E-state index is 0.0327. The maximum absolute atomic E-state index is 11.8. The highest BCUT2D eigenvalue weighted by molar-refractivity contribution is 7.90. The summed E-state index contributed by atoms with van der Waals surface area (Å²) in [4.78, 5) is 18.5. The van der Waals surface area contributed by atoms with E-state index >= 15 is 0 Å². The van der Waals surface area contributed by atoms with Crippen molar-refractivity contribution in [1.29, 1.82) is 0 Å². The van der Waals surface area contributed by atoms with Gasteiger partial charge < -0.3 is 10.2 Å². The number of anilines is 2. The Balaban J connectivity index is 1.81. The molecule has 1 N–H and O–H groups in total. The number of carbonyl (C=O) groups is 1. The number of pyridine rings is 1. The summed E-state index contributed by atoms with van der Waals surface area (Å²) in [7, 11) is -3.01. The molecule has 23 heavy (non-hydrogen) atoms. The molecule has 0 atom stereocenters. The fourth-order valence-corrected chi connectivity index (χ4v) is 3.27. The fraction of sp³-hybridized carbons (Fsp3) is 0.625. The number of aromatic nitrogens is 1. The van der Waals surface area contributed by atoms with Crippen LogP contribution in [0.5, 0.6) is 0 Å². The molecule has 1 aromatic rings. The molecular weight excluding hydrogens is 314 g/mol. The standard InChI is InChI=1S/C16H25N3O3S/c1-13-7-9-19(10-8-13)15-6-5-14(12-17-15)18-16(20)4-3-11-23(2,21)22/h5-6,12-13H,3-4,7-11H2,1-2H3,(H,18,20). The van der Waals surface area contributed by atoms with Crippen LogP contribution in [-0.4, -0.2) is 44.4 Å². The number of nitrogens with one attached hydrogen (secondary N) is 1. The second-order valence-corrected chi connectivity index (χ2v) is 8.62. The number of sulfone groups is 1. The van der Waals surface area contributed by atoms with Crippen molar-refractivity contribution in [2.45, 2.75) is 32.6 Å². The summed E-state index contributed by atoms with van der Waals surface area (Å²) in [5.74, 6) is 1.56. The summed E-state index contributed by atoms with van der Waals surface area (Å²) in [5, 5.41) is 2.75.